The van der Waals surface area contributed by atoms with E-state index in [1.165, 1.54) is 32.1 Å². The quantitative estimate of drug-likeness (QED) is 0.482. The van der Waals surface area contributed by atoms with Crippen LogP contribution in [0.4, 0.5) is 4.39 Å². The molecule has 17 heavy (non-hydrogen) atoms. The van der Waals surface area contributed by atoms with E-state index in [-0.39, 0.29) is 5.82 Å². The van der Waals surface area contributed by atoms with Crippen molar-refractivity contribution in [3.63, 3.8) is 0 Å². The average Bonchev–Trinajstić information content (AvgIpc) is 2.47. The van der Waals surface area contributed by atoms with Crippen molar-refractivity contribution in [1.82, 2.24) is 0 Å². The first-order valence-corrected chi connectivity index (χ1v) is 7.94. The zero-order valence-electron chi connectivity index (χ0n) is 9.76. The average molecular weight is 364 g/mol. The van der Waals surface area contributed by atoms with Crippen LogP contribution in [0.3, 0.4) is 0 Å². The van der Waals surface area contributed by atoms with Crippen LogP contribution < -0.4 is 0 Å². The Kier molecular flexibility index (Phi) is 5.04. The Balaban J connectivity index is 2.03. The number of halogens is 3. The lowest BCUT2D eigenvalue weighted by molar-refractivity contribution is 0.453. The number of rotatable bonds is 2. The predicted molar refractivity (Wildman–Crippen MR) is 77.1 cm³/mol. The molecular formula is C14H17Br2F. The van der Waals surface area contributed by atoms with E-state index in [9.17, 15) is 4.39 Å². The van der Waals surface area contributed by atoms with Crippen molar-refractivity contribution in [2.75, 3.05) is 0 Å². The van der Waals surface area contributed by atoms with Gasteiger partial charge in [0.15, 0.2) is 0 Å². The molecule has 0 aromatic heterocycles. The number of hydrogen-bond acceptors (Lipinski definition) is 0. The Bertz CT molecular complexity index is 378. The molecule has 0 nitrogen and oxygen atoms in total. The van der Waals surface area contributed by atoms with Gasteiger partial charge < -0.3 is 0 Å². The monoisotopic (exact) mass is 362 g/mol. The highest BCUT2D eigenvalue weighted by molar-refractivity contribution is 9.10. The topological polar surface area (TPSA) is 0 Å². The molecule has 0 bridgehead atoms. The summed E-state index contributed by atoms with van der Waals surface area (Å²) in [7, 11) is 0. The summed E-state index contributed by atoms with van der Waals surface area (Å²) in [6.07, 6.45) is 7.13. The van der Waals surface area contributed by atoms with Gasteiger partial charge >= 0.3 is 0 Å². The molecule has 2 unspecified atom stereocenters. The molecule has 0 amide bonds. The van der Waals surface area contributed by atoms with E-state index in [0.29, 0.717) is 10.7 Å². The van der Waals surface area contributed by atoms with Gasteiger partial charge in [-0.1, -0.05) is 57.2 Å². The van der Waals surface area contributed by atoms with Crippen LogP contribution in [0, 0.1) is 11.7 Å². The van der Waals surface area contributed by atoms with Gasteiger partial charge in [-0.3, -0.25) is 0 Å². The first-order chi connectivity index (χ1) is 8.15. The number of hydrogen-bond donors (Lipinski definition) is 0. The van der Waals surface area contributed by atoms with E-state index in [1.807, 2.05) is 12.1 Å². The summed E-state index contributed by atoms with van der Waals surface area (Å²) in [5.41, 5.74) is 0.861. The largest absolute Gasteiger partial charge is 0.207 e. The van der Waals surface area contributed by atoms with E-state index >= 15 is 0 Å². The zero-order valence-corrected chi connectivity index (χ0v) is 12.9. The first kappa shape index (κ1) is 13.5. The summed E-state index contributed by atoms with van der Waals surface area (Å²) in [4.78, 5) is 0.619. The molecule has 1 aromatic carbocycles. The molecule has 0 N–H and O–H groups in total. The highest BCUT2D eigenvalue weighted by Gasteiger charge is 2.19. The molecule has 2 atom stereocenters. The molecule has 1 aliphatic rings. The second-order valence-corrected chi connectivity index (χ2v) is 7.13. The Hall–Kier alpha value is 0.110. The minimum absolute atomic E-state index is 0.0743. The predicted octanol–water partition coefficient (Wildman–Crippen LogP) is 5.47. The van der Waals surface area contributed by atoms with Crippen molar-refractivity contribution in [2.45, 2.75) is 43.4 Å². The van der Waals surface area contributed by atoms with Gasteiger partial charge in [-0.15, -0.1) is 0 Å². The lowest BCUT2D eigenvalue weighted by Crippen LogP contribution is -2.09. The molecular weight excluding hydrogens is 347 g/mol. The van der Waals surface area contributed by atoms with Gasteiger partial charge in [0.05, 0.1) is 0 Å². The Morgan fingerprint density at radius 1 is 1.24 bits per heavy atom. The molecule has 1 aliphatic carbocycles. The van der Waals surface area contributed by atoms with Crippen molar-refractivity contribution in [2.24, 2.45) is 5.92 Å². The van der Waals surface area contributed by atoms with Crippen LogP contribution in [0.2, 0.25) is 0 Å². The third kappa shape index (κ3) is 4.06. The molecule has 0 aliphatic heterocycles. The molecule has 2 rings (SSSR count). The van der Waals surface area contributed by atoms with Gasteiger partial charge in [0.2, 0.25) is 0 Å². The molecule has 1 fully saturated rings. The van der Waals surface area contributed by atoms with Crippen molar-refractivity contribution in [3.05, 3.63) is 34.1 Å². The van der Waals surface area contributed by atoms with Crippen LogP contribution in [-0.2, 0) is 6.42 Å². The van der Waals surface area contributed by atoms with E-state index < -0.39 is 0 Å². The summed E-state index contributed by atoms with van der Waals surface area (Å²) in [6, 6.07) is 5.41. The molecule has 1 saturated carbocycles. The van der Waals surface area contributed by atoms with Gasteiger partial charge in [-0.2, -0.15) is 0 Å². The number of alkyl halides is 1. The third-order valence-electron chi connectivity index (χ3n) is 3.49. The van der Waals surface area contributed by atoms with Crippen LogP contribution in [0.5, 0.6) is 0 Å². The minimum atomic E-state index is -0.0743. The van der Waals surface area contributed by atoms with E-state index in [4.69, 9.17) is 0 Å². The van der Waals surface area contributed by atoms with Crippen molar-refractivity contribution in [3.8, 4) is 0 Å². The van der Waals surface area contributed by atoms with E-state index in [1.54, 1.807) is 6.07 Å². The molecule has 0 spiro atoms. The summed E-state index contributed by atoms with van der Waals surface area (Å²) in [5, 5.41) is 0. The second kappa shape index (κ2) is 6.33. The molecule has 0 heterocycles. The maximum atomic E-state index is 13.8. The molecule has 3 heteroatoms. The number of benzene rings is 1. The van der Waals surface area contributed by atoms with Gasteiger partial charge in [-0.05, 0) is 42.9 Å². The normalized spacial score (nSPS) is 25.6. The molecule has 94 valence electrons. The summed E-state index contributed by atoms with van der Waals surface area (Å²) < 4.78 is 14.6. The Morgan fingerprint density at radius 3 is 2.76 bits per heavy atom. The van der Waals surface area contributed by atoms with Crippen LogP contribution in [0.25, 0.3) is 0 Å². The minimum Gasteiger partial charge on any atom is -0.207 e. The fraction of sp³-hybridized carbons (Fsp3) is 0.571. The fourth-order valence-corrected chi connectivity index (χ4v) is 3.77. The SMILES string of the molecule is Fc1cc(Br)ccc1CC1CCCCC(Br)C1. The Labute approximate surface area is 119 Å². The van der Waals surface area contributed by atoms with Crippen molar-refractivity contribution >= 4 is 31.9 Å². The van der Waals surface area contributed by atoms with Gasteiger partial charge in [0.25, 0.3) is 0 Å². The van der Waals surface area contributed by atoms with Crippen LogP contribution >= 0.6 is 31.9 Å². The van der Waals surface area contributed by atoms with Crippen molar-refractivity contribution < 1.29 is 4.39 Å². The lowest BCUT2D eigenvalue weighted by atomic mass is 9.92. The highest BCUT2D eigenvalue weighted by Crippen LogP contribution is 2.30. The van der Waals surface area contributed by atoms with Gasteiger partial charge in [0.1, 0.15) is 5.82 Å². The maximum Gasteiger partial charge on any atom is 0.127 e. The lowest BCUT2D eigenvalue weighted by Gasteiger charge is -2.16. The van der Waals surface area contributed by atoms with E-state index in [2.05, 4.69) is 31.9 Å². The van der Waals surface area contributed by atoms with Crippen LogP contribution in [0.1, 0.15) is 37.7 Å². The van der Waals surface area contributed by atoms with E-state index in [0.717, 1.165) is 16.5 Å². The van der Waals surface area contributed by atoms with Gasteiger partial charge in [0, 0.05) is 9.30 Å². The van der Waals surface area contributed by atoms with Crippen LogP contribution in [0.15, 0.2) is 22.7 Å². The zero-order chi connectivity index (χ0) is 12.3. The van der Waals surface area contributed by atoms with Crippen LogP contribution in [-0.4, -0.2) is 4.83 Å². The Morgan fingerprint density at radius 2 is 2.00 bits per heavy atom. The maximum absolute atomic E-state index is 13.8. The highest BCUT2D eigenvalue weighted by atomic mass is 79.9. The summed E-state index contributed by atoms with van der Waals surface area (Å²) >= 11 is 7.02. The summed E-state index contributed by atoms with van der Waals surface area (Å²) in [6.45, 7) is 0. The second-order valence-electron chi connectivity index (χ2n) is 4.92. The third-order valence-corrected chi connectivity index (χ3v) is 4.82. The molecule has 0 radical (unpaired) electrons. The summed E-state index contributed by atoms with van der Waals surface area (Å²) in [5.74, 6) is 0.548. The smallest absolute Gasteiger partial charge is 0.127 e. The first-order valence-electron chi connectivity index (χ1n) is 6.23. The molecule has 0 saturated heterocycles. The fourth-order valence-electron chi connectivity index (χ4n) is 2.58. The van der Waals surface area contributed by atoms with Crippen molar-refractivity contribution in [1.29, 1.82) is 0 Å². The molecule has 1 aromatic rings. The van der Waals surface area contributed by atoms with Gasteiger partial charge in [-0.25, -0.2) is 4.39 Å². The standard InChI is InChI=1S/C14H17Br2F/c15-12-4-2-1-3-10(8-12)7-11-5-6-13(16)9-14(11)17/h5-6,9-10,12H,1-4,7-8H2.